The first kappa shape index (κ1) is 41.0. The summed E-state index contributed by atoms with van der Waals surface area (Å²) in [6, 6.07) is 9.32. The first-order valence-corrected chi connectivity index (χ1v) is 13.5. The van der Waals surface area contributed by atoms with Crippen molar-refractivity contribution < 1.29 is 90.7 Å². The molecule has 0 radical (unpaired) electrons. The third kappa shape index (κ3) is 8.90. The number of methoxy groups -OCH3 is 1. The van der Waals surface area contributed by atoms with Crippen molar-refractivity contribution in [2.24, 2.45) is 0 Å². The molecule has 0 fully saturated rings. The van der Waals surface area contributed by atoms with E-state index in [0.29, 0.717) is 5.56 Å². The smallest absolute Gasteiger partial charge is 0.460 e. The van der Waals surface area contributed by atoms with Gasteiger partial charge in [-0.25, -0.2) is 9.59 Å². The molecule has 0 saturated carbocycles. The van der Waals surface area contributed by atoms with Crippen molar-refractivity contribution in [3.8, 4) is 17.2 Å². The predicted molar refractivity (Wildman–Crippen MR) is 140 cm³/mol. The Morgan fingerprint density at radius 1 is 0.735 bits per heavy atom. The summed E-state index contributed by atoms with van der Waals surface area (Å²) in [6.45, 7) is -3.56. The maximum atomic E-state index is 14.7. The molecule has 0 aliphatic heterocycles. The summed E-state index contributed by atoms with van der Waals surface area (Å²) in [6.07, 6.45) is -10.9. The van der Waals surface area contributed by atoms with Gasteiger partial charge in [0.1, 0.15) is 23.9 Å². The fourth-order valence-electron chi connectivity index (χ4n) is 3.81. The van der Waals surface area contributed by atoms with Crippen LogP contribution in [0.25, 0.3) is 0 Å². The van der Waals surface area contributed by atoms with Crippen molar-refractivity contribution in [1.29, 1.82) is 0 Å². The Morgan fingerprint density at radius 3 is 1.69 bits per heavy atom. The Balaban J connectivity index is 2.35. The van der Waals surface area contributed by atoms with Crippen LogP contribution in [0.2, 0.25) is 0 Å². The molecule has 1 unspecified atom stereocenters. The van der Waals surface area contributed by atoms with Gasteiger partial charge in [-0.2, -0.15) is 57.1 Å². The summed E-state index contributed by atoms with van der Waals surface area (Å²) >= 11 is 0. The molecule has 0 saturated heterocycles. The van der Waals surface area contributed by atoms with E-state index >= 15 is 0 Å². The SMILES string of the molecule is CCOC(Cc1ccc(OCCN(CC(F)(F)C(F)(F)C(F)(F)C(F)(F)C(F)(F)C(F)(F)F)C(=O)Oc2ccc(OC)cc2)cc1)C(=O)O. The number of alkyl halides is 13. The average Bonchev–Trinajstić information content (AvgIpc) is 3.00. The Hall–Kier alpha value is -4.17. The predicted octanol–water partition coefficient (Wildman–Crippen LogP) is 7.35. The lowest BCUT2D eigenvalue weighted by atomic mass is 9.93. The highest BCUT2D eigenvalue weighted by Gasteiger charge is 2.90. The number of hydrogen-bond donors (Lipinski definition) is 1. The van der Waals surface area contributed by atoms with E-state index in [9.17, 15) is 71.8 Å². The summed E-state index contributed by atoms with van der Waals surface area (Å²) in [5.74, 6) is -40.0. The summed E-state index contributed by atoms with van der Waals surface area (Å²) < 4.78 is 197. The molecule has 2 aromatic carbocycles. The quantitative estimate of drug-likeness (QED) is 0.170. The van der Waals surface area contributed by atoms with E-state index in [1.54, 1.807) is 6.92 Å². The van der Waals surface area contributed by atoms with Crippen LogP contribution < -0.4 is 14.2 Å². The number of carboxylic acids is 1. The molecule has 2 rings (SSSR count). The highest BCUT2D eigenvalue weighted by Crippen LogP contribution is 2.60. The van der Waals surface area contributed by atoms with Crippen LogP contribution in [0.15, 0.2) is 48.5 Å². The number of halogens is 13. The van der Waals surface area contributed by atoms with Crippen molar-refractivity contribution in [3.05, 3.63) is 54.1 Å². The minimum Gasteiger partial charge on any atom is -0.497 e. The number of carboxylic acid groups (broad SMARTS) is 1. The standard InChI is InChI=1S/C28H26F13NO7/c1-3-47-20(21(43)44)14-16-4-6-18(7-5-16)48-13-12-42(22(45)49-19-10-8-17(46-2)9-11-19)15-23(29,30)24(31,32)25(33,34)26(35,36)27(37,38)28(39,40)41/h4-11,20H,3,12-15H2,1-2H3,(H,43,44). The van der Waals surface area contributed by atoms with Gasteiger partial charge in [0.2, 0.25) is 0 Å². The van der Waals surface area contributed by atoms with Crippen LogP contribution in [0.3, 0.4) is 0 Å². The van der Waals surface area contributed by atoms with Gasteiger partial charge in [-0.05, 0) is 48.9 Å². The second-order valence-electron chi connectivity index (χ2n) is 9.94. The summed E-state index contributed by atoms with van der Waals surface area (Å²) in [4.78, 5) is 23.5. The molecule has 1 N–H and O–H groups in total. The monoisotopic (exact) mass is 735 g/mol. The van der Waals surface area contributed by atoms with Crippen LogP contribution in [0.4, 0.5) is 61.9 Å². The molecule has 0 heterocycles. The van der Waals surface area contributed by atoms with Gasteiger partial charge in [-0.3, -0.25) is 4.90 Å². The topological polar surface area (TPSA) is 94.5 Å². The summed E-state index contributed by atoms with van der Waals surface area (Å²) in [7, 11) is 1.22. The normalized spacial score (nSPS) is 13.9. The number of amides is 1. The van der Waals surface area contributed by atoms with Crippen LogP contribution in [-0.4, -0.2) is 97.4 Å². The minimum atomic E-state index is -8.11. The number of nitrogens with zero attached hydrogens (tertiary/aromatic N) is 1. The number of benzene rings is 2. The van der Waals surface area contributed by atoms with E-state index < -0.39 is 84.3 Å². The molecule has 1 atom stereocenters. The number of rotatable bonds is 17. The van der Waals surface area contributed by atoms with Crippen molar-refractivity contribution in [2.45, 2.75) is 55.2 Å². The first-order chi connectivity index (χ1) is 22.4. The summed E-state index contributed by atoms with van der Waals surface area (Å²) in [5.41, 5.74) is 0.397. The van der Waals surface area contributed by atoms with Crippen LogP contribution in [0.1, 0.15) is 12.5 Å². The molecule has 276 valence electrons. The fourth-order valence-corrected chi connectivity index (χ4v) is 3.81. The largest absolute Gasteiger partial charge is 0.497 e. The zero-order chi connectivity index (χ0) is 37.6. The van der Waals surface area contributed by atoms with E-state index in [-0.39, 0.29) is 24.5 Å². The average molecular weight is 735 g/mol. The fraction of sp³-hybridized carbons (Fsp3) is 0.500. The summed E-state index contributed by atoms with van der Waals surface area (Å²) in [5, 5.41) is 9.18. The number of hydrogen-bond acceptors (Lipinski definition) is 6. The third-order valence-electron chi connectivity index (χ3n) is 6.53. The van der Waals surface area contributed by atoms with Crippen molar-refractivity contribution in [1.82, 2.24) is 4.90 Å². The zero-order valence-corrected chi connectivity index (χ0v) is 25.0. The van der Waals surface area contributed by atoms with Gasteiger partial charge >= 0.3 is 47.9 Å². The van der Waals surface area contributed by atoms with Gasteiger partial charge in [0.15, 0.2) is 6.10 Å². The molecule has 1 amide bonds. The van der Waals surface area contributed by atoms with E-state index in [1.807, 2.05) is 0 Å². The second kappa shape index (κ2) is 15.2. The molecule has 0 aliphatic rings. The molecule has 0 bridgehead atoms. The number of carbonyl (C=O) groups excluding carboxylic acids is 1. The lowest BCUT2D eigenvalue weighted by molar-refractivity contribution is -0.440. The first-order valence-electron chi connectivity index (χ1n) is 13.5. The molecule has 49 heavy (non-hydrogen) atoms. The lowest BCUT2D eigenvalue weighted by Gasteiger charge is -2.40. The molecule has 0 aromatic heterocycles. The van der Waals surface area contributed by atoms with Gasteiger partial charge in [-0.15, -0.1) is 0 Å². The van der Waals surface area contributed by atoms with E-state index in [4.69, 9.17) is 18.9 Å². The second-order valence-corrected chi connectivity index (χ2v) is 9.94. The van der Waals surface area contributed by atoms with Crippen LogP contribution in [-0.2, 0) is 16.0 Å². The Labute approximate surface area is 268 Å². The van der Waals surface area contributed by atoms with E-state index in [2.05, 4.69) is 0 Å². The molecule has 0 aliphatic carbocycles. The van der Waals surface area contributed by atoms with Gasteiger partial charge in [-0.1, -0.05) is 12.1 Å². The molecule has 2 aromatic rings. The number of ether oxygens (including phenoxy) is 4. The highest BCUT2D eigenvalue weighted by atomic mass is 19.4. The lowest BCUT2D eigenvalue weighted by Crippen LogP contribution is -2.71. The molecular formula is C28H26F13NO7. The Bertz CT molecular complexity index is 1400. The highest BCUT2D eigenvalue weighted by molar-refractivity contribution is 5.72. The van der Waals surface area contributed by atoms with Crippen molar-refractivity contribution in [2.75, 3.05) is 33.4 Å². The molecule has 8 nitrogen and oxygen atoms in total. The number of carbonyl (C=O) groups is 2. The number of aliphatic carboxylic acids is 1. The Morgan fingerprint density at radius 2 is 1.22 bits per heavy atom. The van der Waals surface area contributed by atoms with Crippen molar-refractivity contribution in [3.63, 3.8) is 0 Å². The van der Waals surface area contributed by atoms with Gasteiger partial charge in [0.05, 0.1) is 20.2 Å². The van der Waals surface area contributed by atoms with Crippen LogP contribution in [0, 0.1) is 0 Å². The van der Waals surface area contributed by atoms with Gasteiger partial charge in [0.25, 0.3) is 0 Å². The zero-order valence-electron chi connectivity index (χ0n) is 25.0. The Kier molecular flexibility index (Phi) is 12.7. The maximum absolute atomic E-state index is 14.7. The molecule has 0 spiro atoms. The minimum absolute atomic E-state index is 0.0701. The van der Waals surface area contributed by atoms with Crippen LogP contribution >= 0.6 is 0 Å². The van der Waals surface area contributed by atoms with Gasteiger partial charge < -0.3 is 24.1 Å². The van der Waals surface area contributed by atoms with Gasteiger partial charge in [0, 0.05) is 13.0 Å². The maximum Gasteiger partial charge on any atom is 0.460 e. The van der Waals surface area contributed by atoms with Crippen LogP contribution in [0.5, 0.6) is 17.2 Å². The molecule has 21 heteroatoms. The van der Waals surface area contributed by atoms with Crippen molar-refractivity contribution >= 4 is 12.1 Å². The van der Waals surface area contributed by atoms with E-state index in [0.717, 1.165) is 24.3 Å². The molecular weight excluding hydrogens is 709 g/mol. The third-order valence-corrected chi connectivity index (χ3v) is 6.53. The van der Waals surface area contributed by atoms with E-state index in [1.165, 1.54) is 31.4 Å².